The van der Waals surface area contributed by atoms with Crippen LogP contribution in [0.3, 0.4) is 0 Å². The Balaban J connectivity index is 1.46. The van der Waals surface area contributed by atoms with Crippen molar-refractivity contribution in [1.29, 1.82) is 0 Å². The van der Waals surface area contributed by atoms with E-state index in [1.54, 1.807) is 23.5 Å². The van der Waals surface area contributed by atoms with Crippen molar-refractivity contribution < 1.29 is 23.9 Å². The summed E-state index contributed by atoms with van der Waals surface area (Å²) in [7, 11) is 1.60. The number of morpholine rings is 1. The lowest BCUT2D eigenvalue weighted by atomic mass is 9.94. The van der Waals surface area contributed by atoms with Crippen molar-refractivity contribution in [3.05, 3.63) is 47.5 Å². The third-order valence-electron chi connectivity index (χ3n) is 6.94. The highest BCUT2D eigenvalue weighted by Crippen LogP contribution is 2.29. The normalized spacial score (nSPS) is 19.9. The monoisotopic (exact) mass is 512 g/mol. The molecule has 0 bridgehead atoms. The first-order chi connectivity index (χ1) is 17.9. The maximum atomic E-state index is 13.6. The predicted octanol–water partition coefficient (Wildman–Crippen LogP) is 0.895. The SMILES string of the molecule is CCCN1C(=O)c2c(C(=O)NCCN3CCOCC3)ncn2C[C@]1(C)C(=O)NCc1ccc(OC)cc1. The molecule has 1 atom stereocenters. The molecule has 0 radical (unpaired) electrons. The quantitative estimate of drug-likeness (QED) is 0.486. The highest BCUT2D eigenvalue weighted by atomic mass is 16.5. The summed E-state index contributed by atoms with van der Waals surface area (Å²) in [5.74, 6) is -0.283. The summed E-state index contributed by atoms with van der Waals surface area (Å²) in [5.41, 5.74) is 0.102. The summed E-state index contributed by atoms with van der Waals surface area (Å²) >= 11 is 0. The Bertz CT molecular complexity index is 1110. The van der Waals surface area contributed by atoms with Gasteiger partial charge in [-0.15, -0.1) is 0 Å². The van der Waals surface area contributed by atoms with Gasteiger partial charge in [-0.3, -0.25) is 19.3 Å². The minimum atomic E-state index is -1.13. The van der Waals surface area contributed by atoms with Crippen LogP contribution < -0.4 is 15.4 Å². The number of nitrogens with zero attached hydrogens (tertiary/aromatic N) is 4. The van der Waals surface area contributed by atoms with E-state index < -0.39 is 5.54 Å². The minimum absolute atomic E-state index is 0.0915. The van der Waals surface area contributed by atoms with E-state index in [9.17, 15) is 14.4 Å². The van der Waals surface area contributed by atoms with Crippen LogP contribution in [0.1, 0.15) is 46.8 Å². The Morgan fingerprint density at radius 3 is 2.54 bits per heavy atom. The second-order valence-corrected chi connectivity index (χ2v) is 9.54. The van der Waals surface area contributed by atoms with Crippen LogP contribution in [-0.2, 0) is 22.6 Å². The second-order valence-electron chi connectivity index (χ2n) is 9.54. The van der Waals surface area contributed by atoms with E-state index in [1.165, 1.54) is 6.33 Å². The lowest BCUT2D eigenvalue weighted by molar-refractivity contribution is -0.133. The molecule has 3 amide bonds. The van der Waals surface area contributed by atoms with Gasteiger partial charge in [-0.05, 0) is 31.0 Å². The molecule has 2 aliphatic rings. The zero-order valence-corrected chi connectivity index (χ0v) is 21.8. The van der Waals surface area contributed by atoms with E-state index in [-0.39, 0.29) is 35.7 Å². The third kappa shape index (κ3) is 5.78. The number of aromatic nitrogens is 2. The van der Waals surface area contributed by atoms with Crippen molar-refractivity contribution >= 4 is 17.7 Å². The van der Waals surface area contributed by atoms with Gasteiger partial charge in [0.05, 0.1) is 33.2 Å². The topological polar surface area (TPSA) is 118 Å². The van der Waals surface area contributed by atoms with E-state index in [0.717, 1.165) is 24.4 Å². The number of fused-ring (bicyclic) bond motifs is 1. The van der Waals surface area contributed by atoms with Crippen LogP contribution in [0.5, 0.6) is 5.75 Å². The molecule has 0 aliphatic carbocycles. The number of carbonyl (C=O) groups is 3. The Labute approximate surface area is 217 Å². The maximum absolute atomic E-state index is 13.6. The minimum Gasteiger partial charge on any atom is -0.497 e. The summed E-state index contributed by atoms with van der Waals surface area (Å²) in [6.45, 7) is 8.82. The molecule has 0 spiro atoms. The molecule has 1 aromatic carbocycles. The predicted molar refractivity (Wildman–Crippen MR) is 136 cm³/mol. The summed E-state index contributed by atoms with van der Waals surface area (Å²) in [6, 6.07) is 7.44. The first kappa shape index (κ1) is 26.6. The number of amides is 3. The van der Waals surface area contributed by atoms with Gasteiger partial charge in [0, 0.05) is 39.3 Å². The van der Waals surface area contributed by atoms with E-state index in [4.69, 9.17) is 9.47 Å². The number of hydrogen-bond donors (Lipinski definition) is 2. The Hall–Kier alpha value is -3.44. The molecule has 1 saturated heterocycles. The van der Waals surface area contributed by atoms with Gasteiger partial charge in [-0.1, -0.05) is 19.1 Å². The fourth-order valence-corrected chi connectivity index (χ4v) is 4.78. The van der Waals surface area contributed by atoms with Gasteiger partial charge in [0.2, 0.25) is 5.91 Å². The number of hydrogen-bond acceptors (Lipinski definition) is 7. The van der Waals surface area contributed by atoms with Crippen LogP contribution >= 0.6 is 0 Å². The summed E-state index contributed by atoms with van der Waals surface area (Å²) in [6.07, 6.45) is 2.14. The number of methoxy groups -OCH3 is 1. The van der Waals surface area contributed by atoms with E-state index in [0.29, 0.717) is 45.8 Å². The van der Waals surface area contributed by atoms with Crippen molar-refractivity contribution in [2.75, 3.05) is 53.0 Å². The molecular formula is C26H36N6O5. The van der Waals surface area contributed by atoms with Crippen molar-refractivity contribution in [2.24, 2.45) is 0 Å². The molecule has 1 aromatic heterocycles. The summed E-state index contributed by atoms with van der Waals surface area (Å²) in [4.78, 5) is 48.1. The zero-order chi connectivity index (χ0) is 26.4. The number of rotatable bonds is 10. The largest absolute Gasteiger partial charge is 0.497 e. The van der Waals surface area contributed by atoms with Crippen molar-refractivity contribution in [3.8, 4) is 5.75 Å². The molecule has 2 aromatic rings. The average Bonchev–Trinajstić information content (AvgIpc) is 3.34. The maximum Gasteiger partial charge on any atom is 0.273 e. The number of benzene rings is 1. The highest BCUT2D eigenvalue weighted by molar-refractivity contribution is 6.07. The van der Waals surface area contributed by atoms with E-state index >= 15 is 0 Å². The smallest absolute Gasteiger partial charge is 0.273 e. The van der Waals surface area contributed by atoms with Gasteiger partial charge in [-0.25, -0.2) is 4.98 Å². The lowest BCUT2D eigenvalue weighted by Crippen LogP contribution is -2.64. The van der Waals surface area contributed by atoms with Crippen molar-refractivity contribution in [1.82, 2.24) is 30.0 Å². The second kappa shape index (κ2) is 11.7. The molecule has 1 fully saturated rings. The van der Waals surface area contributed by atoms with Crippen LogP contribution in [0, 0.1) is 0 Å². The third-order valence-corrected chi connectivity index (χ3v) is 6.94. The van der Waals surface area contributed by atoms with Gasteiger partial charge in [0.15, 0.2) is 5.69 Å². The Morgan fingerprint density at radius 2 is 1.86 bits per heavy atom. The molecular weight excluding hydrogens is 476 g/mol. The van der Waals surface area contributed by atoms with E-state index in [1.807, 2.05) is 31.2 Å². The van der Waals surface area contributed by atoms with Gasteiger partial charge in [-0.2, -0.15) is 0 Å². The summed E-state index contributed by atoms with van der Waals surface area (Å²) < 4.78 is 12.2. The first-order valence-electron chi connectivity index (χ1n) is 12.7. The van der Waals surface area contributed by atoms with Gasteiger partial charge >= 0.3 is 0 Å². The van der Waals surface area contributed by atoms with Crippen LogP contribution in [0.25, 0.3) is 0 Å². The molecule has 4 rings (SSSR count). The van der Waals surface area contributed by atoms with Crippen LogP contribution in [-0.4, -0.2) is 95.7 Å². The van der Waals surface area contributed by atoms with Crippen molar-refractivity contribution in [3.63, 3.8) is 0 Å². The number of carbonyl (C=O) groups excluding carboxylic acids is 3. The highest BCUT2D eigenvalue weighted by Gasteiger charge is 2.48. The Morgan fingerprint density at radius 1 is 1.14 bits per heavy atom. The van der Waals surface area contributed by atoms with Gasteiger partial charge < -0.3 is 29.6 Å². The summed E-state index contributed by atoms with van der Waals surface area (Å²) in [5, 5.41) is 5.86. The van der Waals surface area contributed by atoms with E-state index in [2.05, 4.69) is 20.5 Å². The van der Waals surface area contributed by atoms with Crippen LogP contribution in [0.2, 0.25) is 0 Å². The number of imidazole rings is 1. The molecule has 0 unspecified atom stereocenters. The molecule has 3 heterocycles. The fourth-order valence-electron chi connectivity index (χ4n) is 4.78. The molecule has 200 valence electrons. The van der Waals surface area contributed by atoms with Crippen LogP contribution in [0.15, 0.2) is 30.6 Å². The molecule has 11 heteroatoms. The van der Waals surface area contributed by atoms with Gasteiger partial charge in [0.1, 0.15) is 17.0 Å². The molecule has 2 aliphatic heterocycles. The first-order valence-corrected chi connectivity index (χ1v) is 12.7. The lowest BCUT2D eigenvalue weighted by Gasteiger charge is -2.43. The van der Waals surface area contributed by atoms with Crippen molar-refractivity contribution in [2.45, 2.75) is 38.9 Å². The fraction of sp³-hybridized carbons (Fsp3) is 0.538. The number of nitrogens with one attached hydrogen (secondary N) is 2. The molecule has 11 nitrogen and oxygen atoms in total. The number of ether oxygens (including phenoxy) is 2. The molecule has 0 saturated carbocycles. The van der Waals surface area contributed by atoms with Crippen LogP contribution in [0.4, 0.5) is 0 Å². The molecule has 2 N–H and O–H groups in total. The zero-order valence-electron chi connectivity index (χ0n) is 21.8. The Kier molecular flexibility index (Phi) is 8.45. The standard InChI is InChI=1S/C26H36N6O5/c1-4-10-32-24(34)22-21(23(33)27-9-11-30-12-14-37-15-13-30)29-18-31(22)17-26(32,2)25(35)28-16-19-5-7-20(36-3)8-6-19/h5-8,18H,4,9-17H2,1-3H3,(H,27,33)(H,28,35)/t26-/m1/s1. The molecule has 37 heavy (non-hydrogen) atoms. The van der Waals surface area contributed by atoms with Gasteiger partial charge in [0.25, 0.3) is 11.8 Å². The average molecular weight is 513 g/mol.